The average Bonchev–Trinajstić information content (AvgIpc) is 3.23. The van der Waals surface area contributed by atoms with E-state index in [4.69, 9.17) is 20.0 Å². The lowest BCUT2D eigenvalue weighted by Crippen LogP contribution is -2.39. The van der Waals surface area contributed by atoms with Crippen LogP contribution in [0.15, 0.2) is 6.33 Å². The van der Waals surface area contributed by atoms with Crippen molar-refractivity contribution in [3.8, 4) is 0 Å². The highest BCUT2D eigenvalue weighted by Gasteiger charge is 2.35. The number of nitrogens with zero attached hydrogens (tertiary/aromatic N) is 4. The van der Waals surface area contributed by atoms with E-state index in [0.29, 0.717) is 23.6 Å². The summed E-state index contributed by atoms with van der Waals surface area (Å²) in [5.74, 6) is 0.587. The van der Waals surface area contributed by atoms with Gasteiger partial charge in [0.2, 0.25) is 5.95 Å². The number of nitrogens with one attached hydrogen (secondary N) is 3. The molecule has 0 aliphatic carbocycles. The first-order valence-corrected chi connectivity index (χ1v) is 9.51. The molecule has 0 amide bonds. The molecule has 0 saturated carbocycles. The minimum atomic E-state index is -0.365. The number of carbonyl (C=O) groups excluding carboxylic acids is 1. The van der Waals surface area contributed by atoms with E-state index in [1.54, 1.807) is 27.2 Å². The fourth-order valence-electron chi connectivity index (χ4n) is 3.26. The maximum Gasteiger partial charge on any atom is 0.321 e. The number of aromatic nitrogens is 4. The third kappa shape index (κ3) is 5.09. The van der Waals surface area contributed by atoms with Gasteiger partial charge in [-0.3, -0.25) is 14.2 Å². The Morgan fingerprint density at radius 1 is 1.45 bits per heavy atom. The van der Waals surface area contributed by atoms with Crippen molar-refractivity contribution in [3.63, 3.8) is 0 Å². The normalized spacial score (nSPS) is 21.8. The Hall–Kier alpha value is -2.54. The summed E-state index contributed by atoms with van der Waals surface area (Å²) in [5, 5.41) is 2.98. The molecule has 2 aromatic heterocycles. The van der Waals surface area contributed by atoms with Gasteiger partial charge >= 0.3 is 5.97 Å². The molecule has 2 aromatic rings. The highest BCUT2D eigenvalue weighted by Crippen LogP contribution is 2.36. The number of nitrogens with two attached hydrogens (primary N) is 1. The summed E-state index contributed by atoms with van der Waals surface area (Å²) < 4.78 is 13.0. The van der Waals surface area contributed by atoms with E-state index >= 15 is 0 Å². The standard InChI is InChI=1S/C17H28N8O4/c1-9(2)28-12(26)6-21-24-27-7-11-5-10(3)16(29-11)25-8-20-13-14(19-4)22-17(18)23-15(13)25/h8-11,16,21,24H,5-7H2,1-4H3,(H3,18,19,22,23)/t10?,11?,16-/m1/s1. The van der Waals surface area contributed by atoms with Crippen molar-refractivity contribution in [1.82, 2.24) is 30.5 Å². The number of nitrogen functional groups attached to an aromatic ring is 1. The third-order valence-electron chi connectivity index (χ3n) is 4.42. The van der Waals surface area contributed by atoms with Crippen LogP contribution in [0.25, 0.3) is 11.2 Å². The lowest BCUT2D eigenvalue weighted by Gasteiger charge is -2.18. The van der Waals surface area contributed by atoms with Crippen molar-refractivity contribution in [2.45, 2.75) is 45.6 Å². The predicted molar refractivity (Wildman–Crippen MR) is 105 cm³/mol. The van der Waals surface area contributed by atoms with Crippen LogP contribution in [0.2, 0.25) is 0 Å². The molecule has 12 nitrogen and oxygen atoms in total. The van der Waals surface area contributed by atoms with Gasteiger partial charge in [-0.25, -0.2) is 10.4 Å². The maximum absolute atomic E-state index is 11.4. The molecule has 2 unspecified atom stereocenters. The van der Waals surface area contributed by atoms with Gasteiger partial charge in [0.05, 0.1) is 25.1 Å². The van der Waals surface area contributed by atoms with Crippen molar-refractivity contribution >= 4 is 28.9 Å². The monoisotopic (exact) mass is 408 g/mol. The summed E-state index contributed by atoms with van der Waals surface area (Å²) in [4.78, 5) is 29.7. The fourth-order valence-corrected chi connectivity index (χ4v) is 3.26. The Labute approximate surface area is 168 Å². The van der Waals surface area contributed by atoms with Gasteiger partial charge < -0.3 is 20.5 Å². The summed E-state index contributed by atoms with van der Waals surface area (Å²) in [7, 11) is 1.76. The fraction of sp³-hybridized carbons (Fsp3) is 0.647. The number of anilines is 2. The number of carbonyl (C=O) groups is 1. The van der Waals surface area contributed by atoms with E-state index < -0.39 is 0 Å². The van der Waals surface area contributed by atoms with Crippen LogP contribution in [0, 0.1) is 5.92 Å². The van der Waals surface area contributed by atoms with E-state index in [1.807, 2.05) is 4.57 Å². The highest BCUT2D eigenvalue weighted by atomic mass is 16.7. The second-order valence-corrected chi connectivity index (χ2v) is 7.17. The number of hydrazine groups is 1. The van der Waals surface area contributed by atoms with Crippen molar-refractivity contribution in [3.05, 3.63) is 6.33 Å². The van der Waals surface area contributed by atoms with E-state index in [2.05, 4.69) is 38.2 Å². The molecule has 0 bridgehead atoms. The second-order valence-electron chi connectivity index (χ2n) is 7.17. The largest absolute Gasteiger partial charge is 0.462 e. The zero-order chi connectivity index (χ0) is 21.0. The summed E-state index contributed by atoms with van der Waals surface area (Å²) in [6.45, 7) is 5.98. The van der Waals surface area contributed by atoms with Crippen molar-refractivity contribution in [2.24, 2.45) is 5.92 Å². The molecule has 0 spiro atoms. The van der Waals surface area contributed by atoms with E-state index in [-0.39, 0.29) is 42.8 Å². The Morgan fingerprint density at radius 2 is 2.24 bits per heavy atom. The molecule has 29 heavy (non-hydrogen) atoms. The van der Waals surface area contributed by atoms with Gasteiger partial charge in [0, 0.05) is 13.0 Å². The first-order chi connectivity index (χ1) is 13.9. The molecule has 1 aliphatic heterocycles. The number of imidazole rings is 1. The lowest BCUT2D eigenvalue weighted by atomic mass is 10.1. The van der Waals surface area contributed by atoms with E-state index in [9.17, 15) is 4.79 Å². The van der Waals surface area contributed by atoms with Gasteiger partial charge in [-0.05, 0) is 20.3 Å². The Bertz CT molecular complexity index is 842. The van der Waals surface area contributed by atoms with Crippen LogP contribution in [-0.4, -0.2) is 57.9 Å². The van der Waals surface area contributed by atoms with Gasteiger partial charge in [-0.2, -0.15) is 9.97 Å². The molecule has 3 rings (SSSR count). The smallest absolute Gasteiger partial charge is 0.321 e. The molecule has 1 aliphatic rings. The number of rotatable bonds is 9. The van der Waals surface area contributed by atoms with Crippen LogP contribution in [0.4, 0.5) is 11.8 Å². The average molecular weight is 408 g/mol. The van der Waals surface area contributed by atoms with Crippen molar-refractivity contribution in [2.75, 3.05) is 31.2 Å². The minimum Gasteiger partial charge on any atom is -0.462 e. The molecule has 5 N–H and O–H groups in total. The molecule has 0 radical (unpaired) electrons. The summed E-state index contributed by atoms with van der Waals surface area (Å²) >= 11 is 0. The molecule has 1 saturated heterocycles. The van der Waals surface area contributed by atoms with Gasteiger partial charge in [-0.1, -0.05) is 6.92 Å². The van der Waals surface area contributed by atoms with Crippen molar-refractivity contribution < 1.29 is 19.1 Å². The van der Waals surface area contributed by atoms with E-state index in [0.717, 1.165) is 6.42 Å². The predicted octanol–water partition coefficient (Wildman–Crippen LogP) is 0.351. The Balaban J connectivity index is 1.53. The van der Waals surface area contributed by atoms with Crippen molar-refractivity contribution in [1.29, 1.82) is 0 Å². The second kappa shape index (κ2) is 9.31. The van der Waals surface area contributed by atoms with Crippen LogP contribution in [0.1, 0.15) is 33.4 Å². The number of ether oxygens (including phenoxy) is 2. The summed E-state index contributed by atoms with van der Waals surface area (Å²) in [5.41, 5.74) is 12.3. The van der Waals surface area contributed by atoms with Crippen LogP contribution in [0.3, 0.4) is 0 Å². The van der Waals surface area contributed by atoms with Gasteiger partial charge in [0.1, 0.15) is 12.8 Å². The summed E-state index contributed by atoms with van der Waals surface area (Å²) in [6.07, 6.45) is 1.94. The minimum absolute atomic E-state index is 0.00131. The topological polar surface area (TPSA) is 150 Å². The van der Waals surface area contributed by atoms with Crippen LogP contribution >= 0.6 is 0 Å². The van der Waals surface area contributed by atoms with E-state index in [1.165, 1.54) is 0 Å². The Morgan fingerprint density at radius 3 is 2.97 bits per heavy atom. The first kappa shape index (κ1) is 21.2. The molecule has 0 aromatic carbocycles. The first-order valence-electron chi connectivity index (χ1n) is 9.51. The van der Waals surface area contributed by atoms with Gasteiger partial charge in [0.15, 0.2) is 17.0 Å². The highest BCUT2D eigenvalue weighted by molar-refractivity contribution is 5.84. The van der Waals surface area contributed by atoms with Gasteiger partial charge in [0.25, 0.3) is 0 Å². The van der Waals surface area contributed by atoms with Crippen LogP contribution in [-0.2, 0) is 19.1 Å². The molecular formula is C17H28N8O4. The zero-order valence-corrected chi connectivity index (χ0v) is 17.0. The van der Waals surface area contributed by atoms with Gasteiger partial charge in [-0.15, -0.1) is 5.59 Å². The maximum atomic E-state index is 11.4. The SMILES string of the molecule is CNc1nc(N)nc2c1ncn2[C@@H]1OC(CONNCC(=O)OC(C)C)CC1C. The number of hydrogen-bond acceptors (Lipinski definition) is 11. The number of esters is 1. The molecule has 12 heteroatoms. The van der Waals surface area contributed by atoms with Crippen LogP contribution < -0.4 is 22.1 Å². The lowest BCUT2D eigenvalue weighted by molar-refractivity contribution is -0.148. The summed E-state index contributed by atoms with van der Waals surface area (Å²) in [6, 6.07) is 0. The molecule has 1 fully saturated rings. The molecular weight excluding hydrogens is 380 g/mol. The molecule has 3 heterocycles. The quantitative estimate of drug-likeness (QED) is 0.258. The number of hydrogen-bond donors (Lipinski definition) is 4. The molecule has 160 valence electrons. The Kier molecular flexibility index (Phi) is 6.79. The van der Waals surface area contributed by atoms with Crippen LogP contribution in [0.5, 0.6) is 0 Å². The molecule has 3 atom stereocenters. The zero-order valence-electron chi connectivity index (χ0n) is 17.0. The number of fused-ring (bicyclic) bond motifs is 1. The third-order valence-corrected chi connectivity index (χ3v) is 4.42.